The molecule has 0 spiro atoms. The average molecular weight is 331 g/mol. The molecule has 1 aliphatic heterocycles. The van der Waals surface area contributed by atoms with Crippen LogP contribution in [-0.2, 0) is 9.53 Å². The molecular weight excluding hydrogens is 314 g/mol. The fourth-order valence-electron chi connectivity index (χ4n) is 2.65. The summed E-state index contributed by atoms with van der Waals surface area (Å²) in [6.07, 6.45) is 4.68. The number of carboxylic acids is 1. The van der Waals surface area contributed by atoms with Gasteiger partial charge in [-0.3, -0.25) is 9.78 Å². The molecule has 3 heterocycles. The van der Waals surface area contributed by atoms with Crippen molar-refractivity contribution >= 4 is 11.9 Å². The van der Waals surface area contributed by atoms with Crippen LogP contribution in [0.2, 0.25) is 0 Å². The van der Waals surface area contributed by atoms with Crippen LogP contribution in [0.1, 0.15) is 23.3 Å². The molecule has 3 rings (SSSR count). The Morgan fingerprint density at radius 3 is 2.96 bits per heavy atom. The SMILES string of the molecule is O=C(N[C@H](C(=O)O)[C@@H]1CCCOC1)c1cc(-c2cccnc2)on1. The highest BCUT2D eigenvalue weighted by Gasteiger charge is 2.32. The molecule has 1 fully saturated rings. The molecule has 0 radical (unpaired) electrons. The predicted octanol–water partition coefficient (Wildman–Crippen LogP) is 1.35. The van der Waals surface area contributed by atoms with Crippen molar-refractivity contribution in [3.8, 4) is 11.3 Å². The standard InChI is InChI=1S/C16H17N3O5/c20-15(18-14(16(21)22)11-4-2-6-23-9-11)12-7-13(24-19-12)10-3-1-5-17-8-10/h1,3,5,7-8,11,14H,2,4,6,9H2,(H,18,20)(H,21,22)/t11-,14+/m1/s1. The van der Waals surface area contributed by atoms with E-state index in [2.05, 4.69) is 15.5 Å². The number of pyridine rings is 1. The number of nitrogens with zero attached hydrogens (tertiary/aromatic N) is 2. The van der Waals surface area contributed by atoms with E-state index in [1.165, 1.54) is 6.07 Å². The Labute approximate surface area is 137 Å². The second-order valence-electron chi connectivity index (χ2n) is 5.58. The van der Waals surface area contributed by atoms with Crippen LogP contribution in [-0.4, -0.2) is 46.4 Å². The minimum Gasteiger partial charge on any atom is -0.480 e. The number of hydrogen-bond acceptors (Lipinski definition) is 6. The smallest absolute Gasteiger partial charge is 0.326 e. The molecule has 24 heavy (non-hydrogen) atoms. The normalized spacial score (nSPS) is 18.8. The molecule has 8 heteroatoms. The van der Waals surface area contributed by atoms with E-state index in [9.17, 15) is 14.7 Å². The van der Waals surface area contributed by atoms with Crippen molar-refractivity contribution < 1.29 is 24.0 Å². The van der Waals surface area contributed by atoms with Gasteiger partial charge >= 0.3 is 5.97 Å². The van der Waals surface area contributed by atoms with Gasteiger partial charge < -0.3 is 19.7 Å². The lowest BCUT2D eigenvalue weighted by Gasteiger charge is -2.27. The Morgan fingerprint density at radius 2 is 2.29 bits per heavy atom. The first-order valence-electron chi connectivity index (χ1n) is 7.63. The zero-order chi connectivity index (χ0) is 16.9. The van der Waals surface area contributed by atoms with Crippen LogP contribution in [0.15, 0.2) is 35.1 Å². The van der Waals surface area contributed by atoms with Gasteiger partial charge in [0.05, 0.1) is 6.61 Å². The highest BCUT2D eigenvalue weighted by atomic mass is 16.5. The van der Waals surface area contributed by atoms with Crippen LogP contribution < -0.4 is 5.32 Å². The van der Waals surface area contributed by atoms with E-state index in [1.807, 2.05) is 0 Å². The molecule has 2 aromatic rings. The van der Waals surface area contributed by atoms with Crippen molar-refractivity contribution in [2.24, 2.45) is 5.92 Å². The summed E-state index contributed by atoms with van der Waals surface area (Å²) in [6, 6.07) is 3.95. The van der Waals surface area contributed by atoms with Crippen molar-refractivity contribution in [1.29, 1.82) is 0 Å². The van der Waals surface area contributed by atoms with Crippen LogP contribution in [0, 0.1) is 5.92 Å². The first kappa shape index (κ1) is 16.1. The topological polar surface area (TPSA) is 115 Å². The maximum Gasteiger partial charge on any atom is 0.326 e. The third kappa shape index (κ3) is 3.60. The molecule has 0 unspecified atom stereocenters. The zero-order valence-corrected chi connectivity index (χ0v) is 12.8. The Kier molecular flexibility index (Phi) is 4.85. The molecular formula is C16H17N3O5. The van der Waals surface area contributed by atoms with Gasteiger partial charge in [-0.05, 0) is 25.0 Å². The molecule has 1 aliphatic rings. The van der Waals surface area contributed by atoms with Crippen LogP contribution in [0.5, 0.6) is 0 Å². The van der Waals surface area contributed by atoms with E-state index < -0.39 is 17.9 Å². The molecule has 0 aromatic carbocycles. The van der Waals surface area contributed by atoms with Gasteiger partial charge in [0, 0.05) is 36.5 Å². The van der Waals surface area contributed by atoms with E-state index in [1.54, 1.807) is 24.5 Å². The van der Waals surface area contributed by atoms with Gasteiger partial charge in [-0.2, -0.15) is 0 Å². The largest absolute Gasteiger partial charge is 0.480 e. The number of aliphatic carboxylic acids is 1. The lowest BCUT2D eigenvalue weighted by Crippen LogP contribution is -2.48. The molecule has 126 valence electrons. The highest BCUT2D eigenvalue weighted by Crippen LogP contribution is 2.20. The first-order valence-corrected chi connectivity index (χ1v) is 7.63. The van der Waals surface area contributed by atoms with Crippen LogP contribution in [0.3, 0.4) is 0 Å². The molecule has 0 bridgehead atoms. The van der Waals surface area contributed by atoms with Gasteiger partial charge in [0.2, 0.25) is 0 Å². The molecule has 1 amide bonds. The molecule has 0 aliphatic carbocycles. The Hall–Kier alpha value is -2.74. The number of carbonyl (C=O) groups excluding carboxylic acids is 1. The summed E-state index contributed by atoms with van der Waals surface area (Å²) in [7, 11) is 0. The van der Waals surface area contributed by atoms with Crippen molar-refractivity contribution in [2.75, 3.05) is 13.2 Å². The van der Waals surface area contributed by atoms with Gasteiger partial charge in [-0.15, -0.1) is 0 Å². The fraction of sp³-hybridized carbons (Fsp3) is 0.375. The predicted molar refractivity (Wildman–Crippen MR) is 82.2 cm³/mol. The number of carboxylic acid groups (broad SMARTS) is 1. The minimum absolute atomic E-state index is 0.0248. The lowest BCUT2D eigenvalue weighted by atomic mass is 9.93. The maximum absolute atomic E-state index is 12.3. The van der Waals surface area contributed by atoms with Crippen molar-refractivity contribution in [3.63, 3.8) is 0 Å². The highest BCUT2D eigenvalue weighted by molar-refractivity contribution is 5.95. The number of rotatable bonds is 5. The summed E-state index contributed by atoms with van der Waals surface area (Å²) >= 11 is 0. The molecule has 2 atom stereocenters. The zero-order valence-electron chi connectivity index (χ0n) is 12.8. The fourth-order valence-corrected chi connectivity index (χ4v) is 2.65. The number of ether oxygens (including phenoxy) is 1. The Bertz CT molecular complexity index is 710. The lowest BCUT2D eigenvalue weighted by molar-refractivity contribution is -0.142. The minimum atomic E-state index is -1.09. The number of hydrogen-bond donors (Lipinski definition) is 2. The average Bonchev–Trinajstić information content (AvgIpc) is 3.11. The molecule has 2 aromatic heterocycles. The van der Waals surface area contributed by atoms with E-state index >= 15 is 0 Å². The third-order valence-electron chi connectivity index (χ3n) is 3.91. The number of carbonyl (C=O) groups is 2. The summed E-state index contributed by atoms with van der Waals surface area (Å²) in [4.78, 5) is 27.7. The number of aromatic nitrogens is 2. The second-order valence-corrected chi connectivity index (χ2v) is 5.58. The van der Waals surface area contributed by atoms with Crippen molar-refractivity contribution in [1.82, 2.24) is 15.5 Å². The molecule has 0 saturated carbocycles. The van der Waals surface area contributed by atoms with E-state index in [-0.39, 0.29) is 11.6 Å². The van der Waals surface area contributed by atoms with E-state index in [0.29, 0.717) is 31.0 Å². The summed E-state index contributed by atoms with van der Waals surface area (Å²) < 4.78 is 10.4. The van der Waals surface area contributed by atoms with Crippen LogP contribution >= 0.6 is 0 Å². The summed E-state index contributed by atoms with van der Waals surface area (Å²) in [6.45, 7) is 0.936. The summed E-state index contributed by atoms with van der Waals surface area (Å²) in [5.74, 6) is -1.55. The number of amides is 1. The van der Waals surface area contributed by atoms with Crippen molar-refractivity contribution in [2.45, 2.75) is 18.9 Å². The first-order chi connectivity index (χ1) is 11.6. The van der Waals surface area contributed by atoms with E-state index in [0.717, 1.165) is 6.42 Å². The second kappa shape index (κ2) is 7.22. The van der Waals surface area contributed by atoms with Gasteiger partial charge in [-0.1, -0.05) is 5.16 Å². The summed E-state index contributed by atoms with van der Waals surface area (Å²) in [5, 5.41) is 15.6. The molecule has 1 saturated heterocycles. The van der Waals surface area contributed by atoms with Gasteiger partial charge in [0.1, 0.15) is 6.04 Å². The van der Waals surface area contributed by atoms with E-state index in [4.69, 9.17) is 9.26 Å². The Balaban J connectivity index is 1.71. The van der Waals surface area contributed by atoms with Crippen LogP contribution in [0.4, 0.5) is 0 Å². The molecule has 8 nitrogen and oxygen atoms in total. The van der Waals surface area contributed by atoms with Gasteiger partial charge in [-0.25, -0.2) is 4.79 Å². The quantitative estimate of drug-likeness (QED) is 0.849. The monoisotopic (exact) mass is 331 g/mol. The summed E-state index contributed by atoms with van der Waals surface area (Å²) in [5.41, 5.74) is 0.705. The van der Waals surface area contributed by atoms with Crippen molar-refractivity contribution in [3.05, 3.63) is 36.3 Å². The number of nitrogens with one attached hydrogen (secondary N) is 1. The van der Waals surface area contributed by atoms with Gasteiger partial charge in [0.15, 0.2) is 11.5 Å². The maximum atomic E-state index is 12.3. The van der Waals surface area contributed by atoms with Gasteiger partial charge in [0.25, 0.3) is 5.91 Å². The Morgan fingerprint density at radius 1 is 1.42 bits per heavy atom. The van der Waals surface area contributed by atoms with Crippen LogP contribution in [0.25, 0.3) is 11.3 Å². The molecule has 2 N–H and O–H groups in total. The third-order valence-corrected chi connectivity index (χ3v) is 3.91.